The normalized spacial score (nSPS) is 15.5. The van der Waals surface area contributed by atoms with E-state index in [1.165, 1.54) is 12.1 Å². The van der Waals surface area contributed by atoms with Crippen LogP contribution in [0, 0.1) is 11.7 Å². The van der Waals surface area contributed by atoms with Crippen molar-refractivity contribution in [3.63, 3.8) is 0 Å². The van der Waals surface area contributed by atoms with Crippen molar-refractivity contribution in [3.05, 3.63) is 66.0 Å². The lowest BCUT2D eigenvalue weighted by atomic mass is 10.1. The average Bonchev–Trinajstić information content (AvgIpc) is 3.12. The summed E-state index contributed by atoms with van der Waals surface area (Å²) in [5.41, 5.74) is 0.424. The molecule has 1 aliphatic rings. The average molecular weight is 517 g/mol. The number of carbonyl (C=O) groups excluding carboxylic acids is 1. The van der Waals surface area contributed by atoms with E-state index in [1.807, 2.05) is 35.1 Å². The Kier molecular flexibility index (Phi) is 7.30. The zero-order valence-corrected chi connectivity index (χ0v) is 20.3. The minimum atomic E-state index is -4.29. The Bertz CT molecular complexity index is 1400. The molecule has 1 aliphatic heterocycles. The SMILES string of the molecule is CC(CCCOc1ccc2cc(OCc3ccccc3)c(N3CC(=O)NS3(=O)=O)c(F)c2c1)C(=O)O. The molecule has 0 aromatic heterocycles. The van der Waals surface area contributed by atoms with Crippen molar-refractivity contribution in [2.24, 2.45) is 5.92 Å². The van der Waals surface area contributed by atoms with Gasteiger partial charge in [0.25, 0.3) is 5.91 Å². The predicted molar refractivity (Wildman–Crippen MR) is 131 cm³/mol. The molecule has 1 heterocycles. The lowest BCUT2D eigenvalue weighted by molar-refractivity contribution is -0.141. The Labute approximate surface area is 207 Å². The number of amides is 1. The maximum Gasteiger partial charge on any atom is 0.326 e. The molecule has 1 fully saturated rings. The predicted octanol–water partition coefficient (Wildman–Crippen LogP) is 3.62. The van der Waals surface area contributed by atoms with Gasteiger partial charge < -0.3 is 14.6 Å². The van der Waals surface area contributed by atoms with E-state index in [-0.39, 0.29) is 30.0 Å². The van der Waals surface area contributed by atoms with Crippen molar-refractivity contribution >= 4 is 38.5 Å². The molecule has 3 aromatic carbocycles. The van der Waals surface area contributed by atoms with Crippen LogP contribution in [-0.4, -0.2) is 38.6 Å². The van der Waals surface area contributed by atoms with Gasteiger partial charge in [-0.15, -0.1) is 0 Å². The highest BCUT2D eigenvalue weighted by molar-refractivity contribution is 7.92. The van der Waals surface area contributed by atoms with E-state index >= 15 is 4.39 Å². The Morgan fingerprint density at radius 2 is 1.92 bits per heavy atom. The molecule has 1 atom stereocenters. The molecule has 0 spiro atoms. The number of carboxylic acids is 1. The van der Waals surface area contributed by atoms with Crippen molar-refractivity contribution in [1.29, 1.82) is 0 Å². The lowest BCUT2D eigenvalue weighted by Gasteiger charge is -2.21. The molecule has 190 valence electrons. The van der Waals surface area contributed by atoms with E-state index in [0.29, 0.717) is 28.3 Å². The van der Waals surface area contributed by atoms with Crippen LogP contribution in [0.25, 0.3) is 10.8 Å². The Balaban J connectivity index is 1.66. The van der Waals surface area contributed by atoms with Gasteiger partial charge >= 0.3 is 16.2 Å². The van der Waals surface area contributed by atoms with Gasteiger partial charge in [0, 0.05) is 5.39 Å². The molecule has 0 saturated carbocycles. The van der Waals surface area contributed by atoms with Crippen molar-refractivity contribution in [2.45, 2.75) is 26.4 Å². The van der Waals surface area contributed by atoms with Crippen molar-refractivity contribution in [3.8, 4) is 11.5 Å². The number of ether oxygens (including phenoxy) is 2. The first-order chi connectivity index (χ1) is 17.2. The fourth-order valence-corrected chi connectivity index (χ4v) is 4.97. The van der Waals surface area contributed by atoms with Gasteiger partial charge in [-0.25, -0.2) is 13.4 Å². The van der Waals surface area contributed by atoms with E-state index in [1.54, 1.807) is 19.1 Å². The summed E-state index contributed by atoms with van der Waals surface area (Å²) in [6.45, 7) is 1.32. The minimum Gasteiger partial charge on any atom is -0.494 e. The van der Waals surface area contributed by atoms with Gasteiger partial charge in [0.05, 0.1) is 12.5 Å². The van der Waals surface area contributed by atoms with Gasteiger partial charge in [0.15, 0.2) is 5.82 Å². The third-order valence-corrected chi connectivity index (χ3v) is 7.15. The Morgan fingerprint density at radius 3 is 2.58 bits per heavy atom. The van der Waals surface area contributed by atoms with E-state index in [0.717, 1.165) is 5.56 Å². The Hall–Kier alpha value is -3.86. The smallest absolute Gasteiger partial charge is 0.326 e. The molecule has 36 heavy (non-hydrogen) atoms. The molecule has 0 bridgehead atoms. The standard InChI is InChI=1S/C25H25FN2O7S/c1-16(25(30)31)6-5-11-34-19-10-9-18-12-21(35-15-17-7-3-2-4-8-17)24(23(26)20(18)13-19)28-14-22(29)27-36(28,32)33/h2-4,7-10,12-13,16H,5-6,11,14-15H2,1H3,(H,27,29)(H,30,31). The molecular formula is C25H25FN2O7S. The highest BCUT2D eigenvalue weighted by Gasteiger charge is 2.38. The van der Waals surface area contributed by atoms with Crippen LogP contribution >= 0.6 is 0 Å². The maximum atomic E-state index is 15.9. The fourth-order valence-electron chi connectivity index (χ4n) is 3.81. The van der Waals surface area contributed by atoms with Gasteiger partial charge in [-0.2, -0.15) is 8.42 Å². The molecule has 0 aliphatic carbocycles. The number of nitrogens with one attached hydrogen (secondary N) is 1. The van der Waals surface area contributed by atoms with Crippen LogP contribution < -0.4 is 18.5 Å². The van der Waals surface area contributed by atoms with Gasteiger partial charge in [-0.1, -0.05) is 43.3 Å². The number of hydrogen-bond acceptors (Lipinski definition) is 6. The molecule has 1 saturated heterocycles. The lowest BCUT2D eigenvalue weighted by Crippen LogP contribution is -2.30. The molecular weight excluding hydrogens is 491 g/mol. The molecule has 9 nitrogen and oxygen atoms in total. The summed E-state index contributed by atoms with van der Waals surface area (Å²) in [7, 11) is -4.29. The second-order valence-corrected chi connectivity index (χ2v) is 10.1. The number of fused-ring (bicyclic) bond motifs is 1. The highest BCUT2D eigenvalue weighted by atomic mass is 32.2. The third-order valence-electron chi connectivity index (χ3n) is 5.77. The number of anilines is 1. The first-order valence-corrected chi connectivity index (χ1v) is 12.7. The number of carbonyl (C=O) groups is 2. The number of benzene rings is 3. The number of hydrogen-bond donors (Lipinski definition) is 2. The third kappa shape index (κ3) is 5.51. The van der Waals surface area contributed by atoms with Gasteiger partial charge in [-0.3, -0.25) is 9.59 Å². The summed E-state index contributed by atoms with van der Waals surface area (Å²) < 4.78 is 55.0. The molecule has 1 amide bonds. The number of carboxylic acid groups (broad SMARTS) is 1. The zero-order chi connectivity index (χ0) is 25.9. The molecule has 4 rings (SSSR count). The second-order valence-electron chi connectivity index (χ2n) is 8.46. The summed E-state index contributed by atoms with van der Waals surface area (Å²) in [4.78, 5) is 22.8. The van der Waals surface area contributed by atoms with Crippen molar-refractivity contribution < 1.29 is 37.0 Å². The number of aliphatic carboxylic acids is 1. The van der Waals surface area contributed by atoms with Gasteiger partial charge in [0.1, 0.15) is 30.3 Å². The maximum absolute atomic E-state index is 15.9. The highest BCUT2D eigenvalue weighted by Crippen LogP contribution is 2.40. The van der Waals surface area contributed by atoms with Crippen LogP contribution in [-0.2, 0) is 26.4 Å². The van der Waals surface area contributed by atoms with Crippen molar-refractivity contribution in [1.82, 2.24) is 4.72 Å². The fraction of sp³-hybridized carbons (Fsp3) is 0.280. The van der Waals surface area contributed by atoms with Crippen LogP contribution in [0.5, 0.6) is 11.5 Å². The second kappa shape index (κ2) is 10.4. The van der Waals surface area contributed by atoms with Crippen LogP contribution in [0.15, 0.2) is 54.6 Å². The van der Waals surface area contributed by atoms with Crippen LogP contribution in [0.4, 0.5) is 10.1 Å². The summed E-state index contributed by atoms with van der Waals surface area (Å²) in [6.07, 6.45) is 0.919. The van der Waals surface area contributed by atoms with E-state index in [9.17, 15) is 18.0 Å². The van der Waals surface area contributed by atoms with Gasteiger partial charge in [-0.05, 0) is 42.0 Å². The summed E-state index contributed by atoms with van der Waals surface area (Å²) >= 11 is 0. The molecule has 1 unspecified atom stereocenters. The molecule has 0 radical (unpaired) electrons. The largest absolute Gasteiger partial charge is 0.494 e. The van der Waals surface area contributed by atoms with Gasteiger partial charge in [0.2, 0.25) is 0 Å². The van der Waals surface area contributed by atoms with E-state index < -0.39 is 40.4 Å². The summed E-state index contributed by atoms with van der Waals surface area (Å²) in [6, 6.07) is 15.3. The summed E-state index contributed by atoms with van der Waals surface area (Å²) in [5.74, 6) is -2.73. The number of nitrogens with zero attached hydrogens (tertiary/aromatic N) is 1. The monoisotopic (exact) mass is 516 g/mol. The number of halogens is 1. The quantitative estimate of drug-likeness (QED) is 0.395. The van der Waals surface area contributed by atoms with Crippen LogP contribution in [0.1, 0.15) is 25.3 Å². The first kappa shape index (κ1) is 25.2. The van der Waals surface area contributed by atoms with Crippen LogP contribution in [0.2, 0.25) is 0 Å². The van der Waals surface area contributed by atoms with Crippen molar-refractivity contribution in [2.75, 3.05) is 17.5 Å². The molecule has 3 aromatic rings. The van der Waals surface area contributed by atoms with Crippen LogP contribution in [0.3, 0.4) is 0 Å². The zero-order valence-electron chi connectivity index (χ0n) is 19.4. The Morgan fingerprint density at radius 1 is 1.17 bits per heavy atom. The molecule has 11 heteroatoms. The van der Waals surface area contributed by atoms with E-state index in [4.69, 9.17) is 14.6 Å². The topological polar surface area (TPSA) is 122 Å². The number of rotatable bonds is 10. The minimum absolute atomic E-state index is 0.0275. The molecule has 2 N–H and O–H groups in total. The van der Waals surface area contributed by atoms with E-state index in [2.05, 4.69) is 0 Å². The summed E-state index contributed by atoms with van der Waals surface area (Å²) in [5, 5.41) is 9.51. The first-order valence-electron chi connectivity index (χ1n) is 11.3.